The maximum atomic E-state index is 10.7. The van der Waals surface area contributed by atoms with E-state index >= 15 is 0 Å². The molecule has 1 amide bonds. The molecule has 0 aliphatic carbocycles. The van der Waals surface area contributed by atoms with Crippen molar-refractivity contribution in [1.29, 1.82) is 0 Å². The first-order valence-corrected chi connectivity index (χ1v) is 4.67. The lowest BCUT2D eigenvalue weighted by atomic mass is 10.2. The van der Waals surface area contributed by atoms with Gasteiger partial charge in [0.05, 0.1) is 18.0 Å². The Morgan fingerprint density at radius 3 is 2.81 bits per heavy atom. The summed E-state index contributed by atoms with van der Waals surface area (Å²) in [6.45, 7) is 1.84. The number of amides is 1. The van der Waals surface area contributed by atoms with Crippen LogP contribution in [0.15, 0.2) is 18.2 Å². The smallest absolute Gasteiger partial charge is 0.310 e. The van der Waals surface area contributed by atoms with E-state index < -0.39 is 10.8 Å². The van der Waals surface area contributed by atoms with Gasteiger partial charge >= 0.3 is 5.69 Å². The highest BCUT2D eigenvalue weighted by Crippen LogP contribution is 2.27. The summed E-state index contributed by atoms with van der Waals surface area (Å²) >= 11 is 0. The Morgan fingerprint density at radius 1 is 1.56 bits per heavy atom. The van der Waals surface area contributed by atoms with Crippen LogP contribution in [-0.4, -0.2) is 17.4 Å². The summed E-state index contributed by atoms with van der Waals surface area (Å²) in [6, 6.07) is 4.55. The van der Waals surface area contributed by atoms with Gasteiger partial charge in [-0.25, -0.2) is 0 Å². The van der Waals surface area contributed by atoms with Crippen molar-refractivity contribution in [2.24, 2.45) is 5.73 Å². The van der Waals surface area contributed by atoms with Crippen LogP contribution in [0.2, 0.25) is 0 Å². The number of carbonyl (C=O) groups excluding carboxylic acids is 1. The van der Waals surface area contributed by atoms with E-state index in [2.05, 4.69) is 0 Å². The highest BCUT2D eigenvalue weighted by Gasteiger charge is 2.14. The summed E-state index contributed by atoms with van der Waals surface area (Å²) in [5.74, 6) is -0.346. The molecule has 0 heterocycles. The van der Waals surface area contributed by atoms with Crippen molar-refractivity contribution < 1.29 is 14.5 Å². The van der Waals surface area contributed by atoms with Gasteiger partial charge < -0.3 is 10.5 Å². The number of nitro groups is 1. The zero-order valence-corrected chi connectivity index (χ0v) is 8.80. The molecule has 0 saturated heterocycles. The molecule has 86 valence electrons. The minimum Gasteiger partial charge on any atom is -0.486 e. The Bertz CT molecular complexity index is 417. The van der Waals surface area contributed by atoms with Gasteiger partial charge in [-0.3, -0.25) is 14.9 Å². The lowest BCUT2D eigenvalue weighted by molar-refractivity contribution is -0.385. The van der Waals surface area contributed by atoms with Crippen LogP contribution in [-0.2, 0) is 4.79 Å². The minimum atomic E-state index is -0.529. The Kier molecular flexibility index (Phi) is 3.82. The van der Waals surface area contributed by atoms with Gasteiger partial charge in [0.25, 0.3) is 0 Å². The van der Waals surface area contributed by atoms with Crippen LogP contribution in [0.1, 0.15) is 12.0 Å². The fourth-order valence-electron chi connectivity index (χ4n) is 1.15. The zero-order chi connectivity index (χ0) is 12.1. The average Bonchev–Trinajstić information content (AvgIpc) is 2.16. The molecule has 0 aromatic heterocycles. The maximum absolute atomic E-state index is 10.7. The van der Waals surface area contributed by atoms with Crippen LogP contribution in [0.4, 0.5) is 5.69 Å². The third-order valence-corrected chi connectivity index (χ3v) is 1.92. The molecule has 0 aliphatic heterocycles. The standard InChI is InChI=1S/C10H12N2O4/c1-7-2-3-8(12(14)15)9(6-7)16-5-4-10(11)13/h2-3,6H,4-5H2,1H3,(H2,11,13). The largest absolute Gasteiger partial charge is 0.486 e. The van der Waals surface area contributed by atoms with Crippen molar-refractivity contribution in [3.63, 3.8) is 0 Å². The van der Waals surface area contributed by atoms with Gasteiger partial charge in [0.1, 0.15) is 0 Å². The topological polar surface area (TPSA) is 95.5 Å². The molecule has 1 rings (SSSR count). The van der Waals surface area contributed by atoms with Gasteiger partial charge in [0.2, 0.25) is 5.91 Å². The summed E-state index contributed by atoms with van der Waals surface area (Å²) in [5.41, 5.74) is 5.66. The van der Waals surface area contributed by atoms with Gasteiger partial charge in [0.15, 0.2) is 5.75 Å². The number of carbonyl (C=O) groups is 1. The lowest BCUT2D eigenvalue weighted by Gasteiger charge is -2.06. The maximum Gasteiger partial charge on any atom is 0.310 e. The number of hydrogen-bond donors (Lipinski definition) is 1. The molecule has 0 unspecified atom stereocenters. The Hall–Kier alpha value is -2.11. The van der Waals surface area contributed by atoms with Crippen LogP contribution < -0.4 is 10.5 Å². The molecule has 0 atom stereocenters. The van der Waals surface area contributed by atoms with E-state index in [4.69, 9.17) is 10.5 Å². The molecule has 1 aromatic rings. The number of benzene rings is 1. The number of nitrogens with zero attached hydrogens (tertiary/aromatic N) is 1. The number of ether oxygens (including phenoxy) is 1. The molecule has 16 heavy (non-hydrogen) atoms. The molecule has 0 aliphatic rings. The molecule has 0 fully saturated rings. The summed E-state index contributed by atoms with van der Waals surface area (Å²) in [5, 5.41) is 10.7. The second-order valence-corrected chi connectivity index (χ2v) is 3.29. The first-order chi connectivity index (χ1) is 7.50. The van der Waals surface area contributed by atoms with Crippen molar-refractivity contribution >= 4 is 11.6 Å². The molecule has 6 nitrogen and oxygen atoms in total. The summed E-state index contributed by atoms with van der Waals surface area (Å²) in [7, 11) is 0. The Labute approximate surface area is 92.2 Å². The fourth-order valence-corrected chi connectivity index (χ4v) is 1.15. The predicted octanol–water partition coefficient (Wildman–Crippen LogP) is 1.16. The van der Waals surface area contributed by atoms with Crippen molar-refractivity contribution in [3.05, 3.63) is 33.9 Å². The lowest BCUT2D eigenvalue weighted by Crippen LogP contribution is -2.14. The molecular weight excluding hydrogens is 212 g/mol. The van der Waals surface area contributed by atoms with Crippen LogP contribution in [0.3, 0.4) is 0 Å². The normalized spacial score (nSPS) is 9.81. The molecule has 0 radical (unpaired) electrons. The second kappa shape index (κ2) is 5.11. The van der Waals surface area contributed by atoms with Crippen LogP contribution in [0, 0.1) is 17.0 Å². The molecule has 0 bridgehead atoms. The van der Waals surface area contributed by atoms with Gasteiger partial charge in [-0.2, -0.15) is 0 Å². The van der Waals surface area contributed by atoms with Gasteiger partial charge in [-0.15, -0.1) is 0 Å². The van der Waals surface area contributed by atoms with Crippen LogP contribution in [0.25, 0.3) is 0 Å². The van der Waals surface area contributed by atoms with E-state index in [0.717, 1.165) is 5.56 Å². The van der Waals surface area contributed by atoms with E-state index in [-0.39, 0.29) is 24.5 Å². The summed E-state index contributed by atoms with van der Waals surface area (Å²) in [4.78, 5) is 20.6. The highest BCUT2D eigenvalue weighted by atomic mass is 16.6. The van der Waals surface area contributed by atoms with E-state index in [0.29, 0.717) is 0 Å². The molecule has 0 saturated carbocycles. The molecule has 1 aromatic carbocycles. The number of hydrogen-bond acceptors (Lipinski definition) is 4. The van der Waals surface area contributed by atoms with Crippen LogP contribution >= 0.6 is 0 Å². The van der Waals surface area contributed by atoms with Crippen molar-refractivity contribution in [2.45, 2.75) is 13.3 Å². The van der Waals surface area contributed by atoms with E-state index in [9.17, 15) is 14.9 Å². The van der Waals surface area contributed by atoms with Crippen molar-refractivity contribution in [2.75, 3.05) is 6.61 Å². The quantitative estimate of drug-likeness (QED) is 0.599. The van der Waals surface area contributed by atoms with E-state index in [1.165, 1.54) is 6.07 Å². The van der Waals surface area contributed by atoms with Crippen molar-refractivity contribution in [1.82, 2.24) is 0 Å². The molecule has 6 heteroatoms. The minimum absolute atomic E-state index is 0.0328. The Balaban J connectivity index is 2.80. The average molecular weight is 224 g/mol. The molecular formula is C10H12N2O4. The first kappa shape index (κ1) is 12.0. The predicted molar refractivity (Wildman–Crippen MR) is 57.1 cm³/mol. The zero-order valence-electron chi connectivity index (χ0n) is 8.80. The third kappa shape index (κ3) is 3.23. The van der Waals surface area contributed by atoms with Crippen LogP contribution in [0.5, 0.6) is 5.75 Å². The monoisotopic (exact) mass is 224 g/mol. The Morgan fingerprint density at radius 2 is 2.25 bits per heavy atom. The second-order valence-electron chi connectivity index (χ2n) is 3.29. The highest BCUT2D eigenvalue weighted by molar-refractivity contribution is 5.73. The molecule has 0 spiro atoms. The number of nitrogens with two attached hydrogens (primary N) is 1. The van der Waals surface area contributed by atoms with Crippen molar-refractivity contribution in [3.8, 4) is 5.75 Å². The summed E-state index contributed by atoms with van der Waals surface area (Å²) < 4.78 is 5.15. The fraction of sp³-hybridized carbons (Fsp3) is 0.300. The SMILES string of the molecule is Cc1ccc([N+](=O)[O-])c(OCCC(N)=O)c1. The number of rotatable bonds is 5. The van der Waals surface area contributed by atoms with E-state index in [1.54, 1.807) is 19.1 Å². The van der Waals surface area contributed by atoms with Gasteiger partial charge in [-0.05, 0) is 18.6 Å². The van der Waals surface area contributed by atoms with Gasteiger partial charge in [0, 0.05) is 6.07 Å². The number of primary amides is 1. The first-order valence-electron chi connectivity index (χ1n) is 4.67. The van der Waals surface area contributed by atoms with E-state index in [1.807, 2.05) is 0 Å². The number of nitro benzene ring substituents is 1. The molecule has 2 N–H and O–H groups in total. The summed E-state index contributed by atoms with van der Waals surface area (Å²) in [6.07, 6.45) is 0.0328. The third-order valence-electron chi connectivity index (χ3n) is 1.92. The van der Waals surface area contributed by atoms with Gasteiger partial charge in [-0.1, -0.05) is 6.07 Å². The number of aryl methyl sites for hydroxylation is 1.